The second-order valence-corrected chi connectivity index (χ2v) is 5.33. The standard InChI is InChI=1S/C13H17ClN2S/c1-9-5-4-8-11(14)12(9)16-13(17)15-10-6-2-3-7-10/h4-5,8,10H,2-3,6-7H2,1H3,(H2,15,16,17). The molecule has 0 aliphatic heterocycles. The maximum absolute atomic E-state index is 6.14. The van der Waals surface area contributed by atoms with Crippen LogP contribution in [0.4, 0.5) is 5.69 Å². The van der Waals surface area contributed by atoms with E-state index in [4.69, 9.17) is 23.8 Å². The number of hydrogen-bond donors (Lipinski definition) is 2. The summed E-state index contributed by atoms with van der Waals surface area (Å²) in [4.78, 5) is 0. The van der Waals surface area contributed by atoms with Gasteiger partial charge < -0.3 is 10.6 Å². The maximum atomic E-state index is 6.14. The highest BCUT2D eigenvalue weighted by molar-refractivity contribution is 7.80. The third-order valence-electron chi connectivity index (χ3n) is 3.15. The van der Waals surface area contributed by atoms with Crippen LogP contribution >= 0.6 is 23.8 Å². The number of para-hydroxylation sites is 1. The third kappa shape index (κ3) is 3.33. The minimum absolute atomic E-state index is 0.526. The molecule has 2 rings (SSSR count). The van der Waals surface area contributed by atoms with E-state index >= 15 is 0 Å². The van der Waals surface area contributed by atoms with Gasteiger partial charge in [-0.3, -0.25) is 0 Å². The van der Waals surface area contributed by atoms with E-state index in [-0.39, 0.29) is 0 Å². The molecule has 2 nitrogen and oxygen atoms in total. The predicted molar refractivity (Wildman–Crippen MR) is 77.8 cm³/mol. The van der Waals surface area contributed by atoms with E-state index in [9.17, 15) is 0 Å². The Hall–Kier alpha value is -0.800. The highest BCUT2D eigenvalue weighted by atomic mass is 35.5. The lowest BCUT2D eigenvalue weighted by molar-refractivity contribution is 0.634. The van der Waals surface area contributed by atoms with Crippen LogP contribution in [-0.4, -0.2) is 11.2 Å². The van der Waals surface area contributed by atoms with Gasteiger partial charge in [-0.1, -0.05) is 36.6 Å². The molecular formula is C13H17ClN2S. The van der Waals surface area contributed by atoms with Crippen molar-refractivity contribution in [1.82, 2.24) is 5.32 Å². The summed E-state index contributed by atoms with van der Waals surface area (Å²) in [7, 11) is 0. The second-order valence-electron chi connectivity index (χ2n) is 4.51. The third-order valence-corrected chi connectivity index (χ3v) is 3.69. The van der Waals surface area contributed by atoms with E-state index < -0.39 is 0 Å². The maximum Gasteiger partial charge on any atom is 0.171 e. The molecule has 0 amide bonds. The van der Waals surface area contributed by atoms with Gasteiger partial charge in [0.2, 0.25) is 0 Å². The van der Waals surface area contributed by atoms with Crippen LogP contribution < -0.4 is 10.6 Å². The van der Waals surface area contributed by atoms with Gasteiger partial charge in [-0.25, -0.2) is 0 Å². The lowest BCUT2D eigenvalue weighted by Crippen LogP contribution is -2.36. The predicted octanol–water partition coefficient (Wildman–Crippen LogP) is 3.88. The first kappa shape index (κ1) is 12.7. The van der Waals surface area contributed by atoms with Gasteiger partial charge in [-0.05, 0) is 43.6 Å². The summed E-state index contributed by atoms with van der Waals surface area (Å²) >= 11 is 11.5. The van der Waals surface area contributed by atoms with Gasteiger partial charge >= 0.3 is 0 Å². The minimum atomic E-state index is 0.526. The Bertz CT molecular complexity index is 394. The number of nitrogens with one attached hydrogen (secondary N) is 2. The quantitative estimate of drug-likeness (QED) is 0.796. The zero-order chi connectivity index (χ0) is 12.3. The zero-order valence-electron chi connectivity index (χ0n) is 9.92. The Morgan fingerprint density at radius 2 is 2.06 bits per heavy atom. The Labute approximate surface area is 113 Å². The van der Waals surface area contributed by atoms with Crippen LogP contribution in [0.15, 0.2) is 18.2 Å². The number of anilines is 1. The summed E-state index contributed by atoms with van der Waals surface area (Å²) in [5, 5.41) is 7.92. The molecule has 0 spiro atoms. The zero-order valence-corrected chi connectivity index (χ0v) is 11.5. The molecule has 1 saturated carbocycles. The molecule has 1 aromatic carbocycles. The molecule has 0 unspecified atom stereocenters. The van der Waals surface area contributed by atoms with Crippen molar-refractivity contribution in [2.45, 2.75) is 38.6 Å². The SMILES string of the molecule is Cc1cccc(Cl)c1NC(=S)NC1CCCC1. The number of halogens is 1. The number of rotatable bonds is 2. The fourth-order valence-corrected chi connectivity index (χ4v) is 2.73. The molecule has 1 aliphatic rings. The molecule has 0 saturated heterocycles. The molecule has 0 atom stereocenters. The van der Waals surface area contributed by atoms with Gasteiger partial charge in [0, 0.05) is 6.04 Å². The molecule has 0 aromatic heterocycles. The molecule has 2 N–H and O–H groups in total. The van der Waals surface area contributed by atoms with E-state index in [2.05, 4.69) is 10.6 Å². The van der Waals surface area contributed by atoms with Crippen molar-refractivity contribution < 1.29 is 0 Å². The first-order valence-corrected chi connectivity index (χ1v) is 6.78. The van der Waals surface area contributed by atoms with Crippen molar-refractivity contribution >= 4 is 34.6 Å². The number of thiocarbonyl (C=S) groups is 1. The van der Waals surface area contributed by atoms with Crippen molar-refractivity contribution in [1.29, 1.82) is 0 Å². The van der Waals surface area contributed by atoms with Crippen LogP contribution in [0.3, 0.4) is 0 Å². The molecule has 4 heteroatoms. The largest absolute Gasteiger partial charge is 0.360 e. The number of aryl methyl sites for hydroxylation is 1. The normalized spacial score (nSPS) is 15.9. The van der Waals surface area contributed by atoms with Gasteiger partial charge in [0.25, 0.3) is 0 Å². The minimum Gasteiger partial charge on any atom is -0.360 e. The average molecular weight is 269 g/mol. The van der Waals surface area contributed by atoms with Gasteiger partial charge in [0.1, 0.15) is 0 Å². The summed E-state index contributed by atoms with van der Waals surface area (Å²) in [6.45, 7) is 2.02. The molecule has 92 valence electrons. The van der Waals surface area contributed by atoms with Crippen LogP contribution in [0.5, 0.6) is 0 Å². The first-order chi connectivity index (χ1) is 8.16. The monoisotopic (exact) mass is 268 g/mol. The van der Waals surface area contributed by atoms with Gasteiger partial charge in [0.05, 0.1) is 10.7 Å². The summed E-state index contributed by atoms with van der Waals surface area (Å²) in [5.41, 5.74) is 2.01. The Kier molecular flexibility index (Phi) is 4.24. The Morgan fingerprint density at radius 3 is 2.71 bits per heavy atom. The number of benzene rings is 1. The van der Waals surface area contributed by atoms with Crippen LogP contribution in [0.25, 0.3) is 0 Å². The van der Waals surface area contributed by atoms with Crippen molar-refractivity contribution in [3.63, 3.8) is 0 Å². The van der Waals surface area contributed by atoms with Crippen molar-refractivity contribution in [3.05, 3.63) is 28.8 Å². The van der Waals surface area contributed by atoms with Crippen LogP contribution in [0.2, 0.25) is 5.02 Å². The molecule has 0 heterocycles. The Morgan fingerprint density at radius 1 is 1.35 bits per heavy atom. The van der Waals surface area contributed by atoms with E-state index in [0.717, 1.165) is 11.3 Å². The van der Waals surface area contributed by atoms with Crippen molar-refractivity contribution in [2.24, 2.45) is 0 Å². The first-order valence-electron chi connectivity index (χ1n) is 5.99. The molecule has 1 aromatic rings. The Balaban J connectivity index is 1.97. The fourth-order valence-electron chi connectivity index (χ4n) is 2.20. The molecule has 0 bridgehead atoms. The average Bonchev–Trinajstić information content (AvgIpc) is 2.76. The van der Waals surface area contributed by atoms with Gasteiger partial charge in [-0.2, -0.15) is 0 Å². The molecular weight excluding hydrogens is 252 g/mol. The van der Waals surface area contributed by atoms with E-state index in [1.165, 1.54) is 25.7 Å². The van der Waals surface area contributed by atoms with E-state index in [0.29, 0.717) is 16.2 Å². The highest BCUT2D eigenvalue weighted by Crippen LogP contribution is 2.25. The number of hydrogen-bond acceptors (Lipinski definition) is 1. The van der Waals surface area contributed by atoms with Crippen molar-refractivity contribution in [3.8, 4) is 0 Å². The smallest absolute Gasteiger partial charge is 0.171 e. The molecule has 0 radical (unpaired) electrons. The van der Waals surface area contributed by atoms with Crippen molar-refractivity contribution in [2.75, 3.05) is 5.32 Å². The van der Waals surface area contributed by atoms with E-state index in [1.807, 2.05) is 25.1 Å². The lowest BCUT2D eigenvalue weighted by atomic mass is 10.2. The lowest BCUT2D eigenvalue weighted by Gasteiger charge is -2.17. The molecule has 1 aliphatic carbocycles. The van der Waals surface area contributed by atoms with Gasteiger partial charge in [-0.15, -0.1) is 0 Å². The van der Waals surface area contributed by atoms with Crippen LogP contribution in [-0.2, 0) is 0 Å². The summed E-state index contributed by atoms with van der Waals surface area (Å²) in [5.74, 6) is 0. The van der Waals surface area contributed by atoms with E-state index in [1.54, 1.807) is 0 Å². The summed E-state index contributed by atoms with van der Waals surface area (Å²) < 4.78 is 0. The van der Waals surface area contributed by atoms with Crippen LogP contribution in [0.1, 0.15) is 31.2 Å². The fraction of sp³-hybridized carbons (Fsp3) is 0.462. The molecule has 1 fully saturated rings. The van der Waals surface area contributed by atoms with Crippen LogP contribution in [0, 0.1) is 6.92 Å². The summed E-state index contributed by atoms with van der Waals surface area (Å²) in [6.07, 6.45) is 5.02. The molecule has 17 heavy (non-hydrogen) atoms. The highest BCUT2D eigenvalue weighted by Gasteiger charge is 2.16. The summed E-state index contributed by atoms with van der Waals surface area (Å²) in [6, 6.07) is 6.36. The topological polar surface area (TPSA) is 24.1 Å². The second kappa shape index (κ2) is 5.69. The van der Waals surface area contributed by atoms with Gasteiger partial charge in [0.15, 0.2) is 5.11 Å².